The van der Waals surface area contributed by atoms with Gasteiger partial charge in [0.1, 0.15) is 11.6 Å². The molecule has 0 spiro atoms. The molecule has 6 heteroatoms. The van der Waals surface area contributed by atoms with Gasteiger partial charge in [0.2, 0.25) is 0 Å². The van der Waals surface area contributed by atoms with E-state index in [1.54, 1.807) is 19.5 Å². The summed E-state index contributed by atoms with van der Waals surface area (Å²) in [6.45, 7) is 2.00. The fraction of sp³-hybridized carbons (Fsp3) is 0.312. The van der Waals surface area contributed by atoms with Crippen molar-refractivity contribution in [2.45, 2.75) is 25.3 Å². The van der Waals surface area contributed by atoms with Crippen LogP contribution in [0.5, 0.6) is 5.75 Å². The first-order valence-electron chi connectivity index (χ1n) is 7.17. The number of anilines is 1. The number of thiocarbonyl (C=S) groups is 1. The molecule has 0 aliphatic heterocycles. The van der Waals surface area contributed by atoms with Crippen molar-refractivity contribution >= 4 is 23.1 Å². The van der Waals surface area contributed by atoms with Crippen LogP contribution in [0.2, 0.25) is 0 Å². The number of nitrogens with zero attached hydrogens (tertiary/aromatic N) is 2. The molecule has 2 aromatic rings. The largest absolute Gasteiger partial charge is 0.495 e. The smallest absolute Gasteiger partial charge is 0.172 e. The molecule has 0 aromatic carbocycles. The van der Waals surface area contributed by atoms with Crippen LogP contribution in [0.4, 0.5) is 5.82 Å². The number of nitrogens with one attached hydrogen (secondary N) is 2. The topological polar surface area (TPSA) is 59.1 Å². The van der Waals surface area contributed by atoms with Crippen LogP contribution < -0.4 is 15.4 Å². The second-order valence-electron chi connectivity index (χ2n) is 5.31. The number of hydrogen-bond donors (Lipinski definition) is 2. The number of aryl methyl sites for hydroxylation is 1. The lowest BCUT2D eigenvalue weighted by atomic mass is 10.2. The fourth-order valence-corrected chi connectivity index (χ4v) is 2.69. The molecular formula is C16H18N4OS. The molecule has 114 valence electrons. The van der Waals surface area contributed by atoms with Gasteiger partial charge in [-0.3, -0.25) is 4.98 Å². The number of rotatable bonds is 4. The van der Waals surface area contributed by atoms with Crippen LogP contribution in [-0.4, -0.2) is 28.2 Å². The molecule has 1 aliphatic carbocycles. The van der Waals surface area contributed by atoms with E-state index in [4.69, 9.17) is 17.0 Å². The number of pyridine rings is 2. The number of methoxy groups -OCH3 is 1. The highest BCUT2D eigenvalue weighted by molar-refractivity contribution is 7.80. The van der Waals surface area contributed by atoms with Gasteiger partial charge in [-0.2, -0.15) is 0 Å². The van der Waals surface area contributed by atoms with Crippen LogP contribution in [0.15, 0.2) is 36.7 Å². The second kappa shape index (κ2) is 6.27. The minimum atomic E-state index is 0.285. The van der Waals surface area contributed by atoms with E-state index in [-0.39, 0.29) is 6.04 Å². The Balaban J connectivity index is 1.59. The number of hydrogen-bond acceptors (Lipinski definition) is 4. The summed E-state index contributed by atoms with van der Waals surface area (Å²) < 4.78 is 5.36. The Hall–Kier alpha value is -2.21. The maximum Gasteiger partial charge on any atom is 0.172 e. The van der Waals surface area contributed by atoms with Crippen LogP contribution in [0.3, 0.4) is 0 Å². The minimum absolute atomic E-state index is 0.285. The zero-order chi connectivity index (χ0) is 15.5. The van der Waals surface area contributed by atoms with Crippen molar-refractivity contribution in [2.75, 3.05) is 12.4 Å². The minimum Gasteiger partial charge on any atom is -0.495 e. The van der Waals surface area contributed by atoms with Gasteiger partial charge < -0.3 is 15.4 Å². The quantitative estimate of drug-likeness (QED) is 0.846. The van der Waals surface area contributed by atoms with Gasteiger partial charge in [0, 0.05) is 24.4 Å². The van der Waals surface area contributed by atoms with Crippen molar-refractivity contribution in [1.82, 2.24) is 15.3 Å². The molecule has 0 radical (unpaired) electrons. The molecular weight excluding hydrogens is 296 g/mol. The Morgan fingerprint density at radius 3 is 2.82 bits per heavy atom. The maximum atomic E-state index is 5.36. The van der Waals surface area contributed by atoms with E-state index in [0.717, 1.165) is 29.2 Å². The van der Waals surface area contributed by atoms with E-state index in [0.29, 0.717) is 11.0 Å². The normalized spacial score (nSPS) is 19.4. The Bertz CT molecular complexity index is 691. The summed E-state index contributed by atoms with van der Waals surface area (Å²) in [5.41, 5.74) is 2.05. The number of aromatic nitrogens is 2. The summed E-state index contributed by atoms with van der Waals surface area (Å²) in [6, 6.07) is 8.00. The molecule has 2 aromatic heterocycles. The van der Waals surface area contributed by atoms with Gasteiger partial charge in [0.05, 0.1) is 12.8 Å². The van der Waals surface area contributed by atoms with Crippen molar-refractivity contribution in [3.63, 3.8) is 0 Å². The third-order valence-electron chi connectivity index (χ3n) is 3.72. The van der Waals surface area contributed by atoms with Crippen LogP contribution in [0, 0.1) is 6.92 Å². The lowest BCUT2D eigenvalue weighted by molar-refractivity contribution is 0.406. The average molecular weight is 314 g/mol. The molecule has 2 unspecified atom stereocenters. The summed E-state index contributed by atoms with van der Waals surface area (Å²) in [4.78, 5) is 8.71. The Morgan fingerprint density at radius 1 is 1.27 bits per heavy atom. The Kier molecular flexibility index (Phi) is 4.20. The highest BCUT2D eigenvalue weighted by Gasteiger charge is 2.41. The molecule has 2 N–H and O–H groups in total. The van der Waals surface area contributed by atoms with Gasteiger partial charge in [-0.15, -0.1) is 0 Å². The van der Waals surface area contributed by atoms with Gasteiger partial charge in [-0.05, 0) is 49.3 Å². The highest BCUT2D eigenvalue weighted by Crippen LogP contribution is 2.43. The number of ether oxygens (including phenoxy) is 1. The summed E-state index contributed by atoms with van der Waals surface area (Å²) in [5.74, 6) is 1.95. The molecule has 0 saturated heterocycles. The average Bonchev–Trinajstić information content (AvgIpc) is 3.28. The Labute approximate surface area is 135 Å². The van der Waals surface area contributed by atoms with Crippen LogP contribution >= 0.6 is 12.2 Å². The lowest BCUT2D eigenvalue weighted by Crippen LogP contribution is -2.31. The standard InChI is InChI=1S/C16H18N4OS/c1-10-5-3-8-18-15(10)20-16(22)19-12-9-11(12)14-13(21-2)6-4-7-17-14/h3-8,11-12H,9H2,1-2H3,(H2,18,19,20,22). The highest BCUT2D eigenvalue weighted by atomic mass is 32.1. The first-order chi connectivity index (χ1) is 10.7. The summed E-state index contributed by atoms with van der Waals surface area (Å²) in [7, 11) is 1.67. The van der Waals surface area contributed by atoms with Crippen LogP contribution in [-0.2, 0) is 0 Å². The van der Waals surface area contributed by atoms with Gasteiger partial charge in [0.25, 0.3) is 0 Å². The Morgan fingerprint density at radius 2 is 2.05 bits per heavy atom. The molecule has 2 atom stereocenters. The van der Waals surface area contributed by atoms with Gasteiger partial charge >= 0.3 is 0 Å². The molecule has 1 aliphatic rings. The van der Waals surface area contributed by atoms with Gasteiger partial charge in [-0.1, -0.05) is 6.07 Å². The predicted molar refractivity (Wildman–Crippen MR) is 90.3 cm³/mol. The van der Waals surface area contributed by atoms with Crippen molar-refractivity contribution in [3.05, 3.63) is 47.9 Å². The molecule has 1 saturated carbocycles. The van der Waals surface area contributed by atoms with Crippen LogP contribution in [0.25, 0.3) is 0 Å². The molecule has 5 nitrogen and oxygen atoms in total. The SMILES string of the molecule is COc1cccnc1C1CC1NC(=S)Nc1ncccc1C. The van der Waals surface area contributed by atoms with Crippen molar-refractivity contribution in [1.29, 1.82) is 0 Å². The monoisotopic (exact) mass is 314 g/mol. The van der Waals surface area contributed by atoms with Gasteiger partial charge in [0.15, 0.2) is 5.11 Å². The molecule has 0 bridgehead atoms. The van der Waals surface area contributed by atoms with E-state index >= 15 is 0 Å². The summed E-state index contributed by atoms with van der Waals surface area (Å²) in [5, 5.41) is 7.04. The first-order valence-corrected chi connectivity index (χ1v) is 7.58. The van der Waals surface area contributed by atoms with Crippen LogP contribution in [0.1, 0.15) is 23.6 Å². The van der Waals surface area contributed by atoms with E-state index in [9.17, 15) is 0 Å². The fourth-order valence-electron chi connectivity index (χ4n) is 2.44. The zero-order valence-corrected chi connectivity index (χ0v) is 13.4. The third kappa shape index (κ3) is 3.17. The molecule has 3 rings (SSSR count). The van der Waals surface area contributed by atoms with Crippen molar-refractivity contribution in [2.24, 2.45) is 0 Å². The van der Waals surface area contributed by atoms with E-state index < -0.39 is 0 Å². The zero-order valence-electron chi connectivity index (χ0n) is 12.5. The van der Waals surface area contributed by atoms with Crippen molar-refractivity contribution in [3.8, 4) is 5.75 Å². The van der Waals surface area contributed by atoms with Crippen molar-refractivity contribution < 1.29 is 4.74 Å². The van der Waals surface area contributed by atoms with E-state index in [2.05, 4.69) is 20.6 Å². The second-order valence-corrected chi connectivity index (χ2v) is 5.72. The van der Waals surface area contributed by atoms with E-state index in [1.807, 2.05) is 31.2 Å². The lowest BCUT2D eigenvalue weighted by Gasteiger charge is -2.12. The molecule has 1 fully saturated rings. The van der Waals surface area contributed by atoms with E-state index in [1.165, 1.54) is 0 Å². The predicted octanol–water partition coefficient (Wildman–Crippen LogP) is 2.64. The molecule has 0 amide bonds. The van der Waals surface area contributed by atoms with Gasteiger partial charge in [-0.25, -0.2) is 4.98 Å². The maximum absolute atomic E-state index is 5.36. The third-order valence-corrected chi connectivity index (χ3v) is 3.94. The first kappa shape index (κ1) is 14.7. The summed E-state index contributed by atoms with van der Waals surface area (Å²) >= 11 is 5.36. The molecule has 2 heterocycles. The summed E-state index contributed by atoms with van der Waals surface area (Å²) in [6.07, 6.45) is 4.54. The molecule has 22 heavy (non-hydrogen) atoms.